The summed E-state index contributed by atoms with van der Waals surface area (Å²) in [7, 11) is 0. The number of nitrogens with one attached hydrogen (secondary N) is 1. The Kier molecular flexibility index (Phi) is 5.77. The van der Waals surface area contributed by atoms with E-state index in [0.717, 1.165) is 37.7 Å². The Morgan fingerprint density at radius 1 is 1.33 bits per heavy atom. The molecule has 1 atom stereocenters. The highest BCUT2D eigenvalue weighted by Gasteiger charge is 2.35. The molecule has 2 amide bonds. The first kappa shape index (κ1) is 20.1. The van der Waals surface area contributed by atoms with Crippen LogP contribution in [0.5, 0.6) is 0 Å². The highest BCUT2D eigenvalue weighted by Crippen LogP contribution is 2.45. The number of amides is 2. The van der Waals surface area contributed by atoms with Crippen molar-refractivity contribution in [1.29, 1.82) is 0 Å². The summed E-state index contributed by atoms with van der Waals surface area (Å²) in [6.45, 7) is 8.93. The molecule has 1 aliphatic rings. The molecule has 0 aliphatic heterocycles. The highest BCUT2D eigenvalue weighted by molar-refractivity contribution is 7.17. The van der Waals surface area contributed by atoms with E-state index in [2.05, 4.69) is 33.0 Å². The molecule has 2 aromatic heterocycles. The van der Waals surface area contributed by atoms with Gasteiger partial charge >= 0.3 is 0 Å². The smallest absolute Gasteiger partial charge is 0.257 e. The van der Waals surface area contributed by atoms with Crippen LogP contribution in [0.4, 0.5) is 5.00 Å². The van der Waals surface area contributed by atoms with Gasteiger partial charge in [0.15, 0.2) is 0 Å². The summed E-state index contributed by atoms with van der Waals surface area (Å²) in [5, 5.41) is 5.43. The highest BCUT2D eigenvalue weighted by atomic mass is 32.1. The van der Waals surface area contributed by atoms with Crippen molar-refractivity contribution in [2.24, 2.45) is 17.1 Å². The zero-order valence-corrected chi connectivity index (χ0v) is 18.1. The number of rotatable bonds is 6. The predicted octanol–water partition coefficient (Wildman–Crippen LogP) is 5.26. The van der Waals surface area contributed by atoms with Crippen molar-refractivity contribution in [3.05, 3.63) is 37.9 Å². The van der Waals surface area contributed by atoms with E-state index in [9.17, 15) is 9.59 Å². The monoisotopic (exact) mass is 404 g/mol. The molecular formula is C21H28N2O2S2. The van der Waals surface area contributed by atoms with Crippen LogP contribution in [0.25, 0.3) is 0 Å². The molecule has 0 saturated heterocycles. The zero-order chi connectivity index (χ0) is 19.8. The summed E-state index contributed by atoms with van der Waals surface area (Å²) in [4.78, 5) is 27.2. The van der Waals surface area contributed by atoms with Crippen LogP contribution in [0.3, 0.4) is 0 Å². The lowest BCUT2D eigenvalue weighted by Gasteiger charge is -2.36. The van der Waals surface area contributed by atoms with Crippen LogP contribution in [0, 0.1) is 11.3 Å². The molecule has 27 heavy (non-hydrogen) atoms. The zero-order valence-electron chi connectivity index (χ0n) is 16.5. The largest absolute Gasteiger partial charge is 0.365 e. The van der Waals surface area contributed by atoms with E-state index in [0.29, 0.717) is 22.0 Å². The molecule has 0 fully saturated rings. The summed E-state index contributed by atoms with van der Waals surface area (Å²) >= 11 is 3.11. The van der Waals surface area contributed by atoms with Crippen LogP contribution >= 0.6 is 22.7 Å². The topological polar surface area (TPSA) is 72.2 Å². The fraction of sp³-hybridized carbons (Fsp3) is 0.524. The number of nitrogens with two attached hydrogens (primary N) is 1. The maximum absolute atomic E-state index is 12.7. The summed E-state index contributed by atoms with van der Waals surface area (Å²) in [5.74, 6) is -0.0324. The van der Waals surface area contributed by atoms with Crippen molar-refractivity contribution in [3.63, 3.8) is 0 Å². The molecule has 0 bridgehead atoms. The van der Waals surface area contributed by atoms with Crippen LogP contribution in [0.2, 0.25) is 0 Å². The maximum atomic E-state index is 12.7. The molecule has 0 unspecified atom stereocenters. The van der Waals surface area contributed by atoms with Gasteiger partial charge in [-0.1, -0.05) is 34.1 Å². The Balaban J connectivity index is 1.88. The average Bonchev–Trinajstić information content (AvgIpc) is 3.25. The minimum absolute atomic E-state index is 0.169. The average molecular weight is 405 g/mol. The normalized spacial score (nSPS) is 16.8. The van der Waals surface area contributed by atoms with Gasteiger partial charge in [-0.2, -0.15) is 0 Å². The number of aryl methyl sites for hydroxylation is 1. The second-order valence-electron chi connectivity index (χ2n) is 7.96. The van der Waals surface area contributed by atoms with E-state index in [1.165, 1.54) is 21.1 Å². The van der Waals surface area contributed by atoms with E-state index in [4.69, 9.17) is 5.73 Å². The molecule has 0 aromatic carbocycles. The third kappa shape index (κ3) is 3.97. The van der Waals surface area contributed by atoms with Crippen molar-refractivity contribution in [1.82, 2.24) is 0 Å². The van der Waals surface area contributed by atoms with Crippen molar-refractivity contribution < 1.29 is 9.59 Å². The molecule has 0 saturated carbocycles. The third-order valence-corrected chi connectivity index (χ3v) is 8.27. The molecule has 0 spiro atoms. The first-order chi connectivity index (χ1) is 12.8. The standard InChI is InChI=1S/C21H28N2O2S2/c1-5-14-9-12(11-26-14)19(25)23-20-17(18(22)24)15-8-7-13(10-16(15)27-20)21(3,4)6-2/h9,11,13H,5-8,10H2,1-4H3,(H2,22,24)(H,23,25)/t13-/m1/s1. The second kappa shape index (κ2) is 7.76. The fourth-order valence-corrected chi connectivity index (χ4v) is 5.89. The van der Waals surface area contributed by atoms with Gasteiger partial charge in [-0.05, 0) is 48.6 Å². The number of carbonyl (C=O) groups excluding carboxylic acids is 2. The number of hydrogen-bond donors (Lipinski definition) is 2. The summed E-state index contributed by atoms with van der Waals surface area (Å²) in [6.07, 6.45) is 4.90. The Labute approximate surface area is 169 Å². The van der Waals surface area contributed by atoms with E-state index in [-0.39, 0.29) is 11.3 Å². The molecule has 2 heterocycles. The molecule has 146 valence electrons. The van der Waals surface area contributed by atoms with Crippen LogP contribution in [-0.4, -0.2) is 11.8 Å². The maximum Gasteiger partial charge on any atom is 0.257 e. The minimum Gasteiger partial charge on any atom is -0.365 e. The summed E-state index contributed by atoms with van der Waals surface area (Å²) in [6, 6.07) is 1.91. The van der Waals surface area contributed by atoms with Gasteiger partial charge in [0.1, 0.15) is 5.00 Å². The second-order valence-corrected chi connectivity index (χ2v) is 10.1. The lowest BCUT2D eigenvalue weighted by atomic mass is 9.69. The lowest BCUT2D eigenvalue weighted by molar-refractivity contribution is 0.0999. The Morgan fingerprint density at radius 2 is 2.07 bits per heavy atom. The van der Waals surface area contributed by atoms with E-state index < -0.39 is 5.91 Å². The van der Waals surface area contributed by atoms with Gasteiger partial charge in [0.2, 0.25) is 0 Å². The molecule has 3 N–H and O–H groups in total. The first-order valence-corrected chi connectivity index (χ1v) is 11.3. The number of hydrogen-bond acceptors (Lipinski definition) is 4. The fourth-order valence-electron chi connectivity index (χ4n) is 3.75. The molecule has 6 heteroatoms. The molecule has 2 aromatic rings. The van der Waals surface area contributed by atoms with Gasteiger partial charge in [0.05, 0.1) is 11.1 Å². The van der Waals surface area contributed by atoms with Crippen molar-refractivity contribution in [2.45, 2.75) is 59.8 Å². The number of thiophene rings is 2. The van der Waals surface area contributed by atoms with E-state index in [1.54, 1.807) is 11.3 Å². The van der Waals surface area contributed by atoms with Gasteiger partial charge in [-0.25, -0.2) is 0 Å². The SMILES string of the molecule is CCc1cc(C(=O)Nc2sc3c(c2C(N)=O)CC[C@@H](C(C)(C)CC)C3)cs1. The quantitative estimate of drug-likeness (QED) is 0.689. The van der Waals surface area contributed by atoms with E-state index >= 15 is 0 Å². The predicted molar refractivity (Wildman–Crippen MR) is 114 cm³/mol. The van der Waals surface area contributed by atoms with Gasteiger partial charge < -0.3 is 11.1 Å². The summed E-state index contributed by atoms with van der Waals surface area (Å²) in [5.41, 5.74) is 8.16. The molecule has 0 radical (unpaired) electrons. The Bertz CT molecular complexity index is 864. The number of primary amides is 1. The van der Waals surface area contributed by atoms with Crippen LogP contribution in [0.1, 0.15) is 76.6 Å². The van der Waals surface area contributed by atoms with Crippen LogP contribution in [0.15, 0.2) is 11.4 Å². The number of fused-ring (bicyclic) bond motifs is 1. The first-order valence-electron chi connectivity index (χ1n) is 9.59. The van der Waals surface area contributed by atoms with Crippen LogP contribution < -0.4 is 11.1 Å². The number of carbonyl (C=O) groups is 2. The minimum atomic E-state index is -0.449. The van der Waals surface area contributed by atoms with Crippen molar-refractivity contribution >= 4 is 39.5 Å². The Hall–Kier alpha value is -1.66. The third-order valence-electron chi connectivity index (χ3n) is 6.02. The van der Waals surface area contributed by atoms with Crippen molar-refractivity contribution in [3.8, 4) is 0 Å². The molecule has 4 nitrogen and oxygen atoms in total. The molecule has 3 rings (SSSR count). The van der Waals surface area contributed by atoms with Crippen molar-refractivity contribution in [2.75, 3.05) is 5.32 Å². The van der Waals surface area contributed by atoms with Gasteiger partial charge in [0, 0.05) is 15.1 Å². The number of anilines is 1. The molecular weight excluding hydrogens is 376 g/mol. The van der Waals surface area contributed by atoms with E-state index in [1.807, 2.05) is 11.4 Å². The van der Waals surface area contributed by atoms with Gasteiger partial charge in [-0.3, -0.25) is 9.59 Å². The Morgan fingerprint density at radius 3 is 2.67 bits per heavy atom. The summed E-state index contributed by atoms with van der Waals surface area (Å²) < 4.78 is 0. The lowest BCUT2D eigenvalue weighted by Crippen LogP contribution is -2.29. The van der Waals surface area contributed by atoms with Crippen LogP contribution in [-0.2, 0) is 19.3 Å². The van der Waals surface area contributed by atoms with Gasteiger partial charge in [-0.15, -0.1) is 22.7 Å². The molecule has 1 aliphatic carbocycles. The van der Waals surface area contributed by atoms with Gasteiger partial charge in [0.25, 0.3) is 11.8 Å².